The summed E-state index contributed by atoms with van der Waals surface area (Å²) < 4.78 is 0. The fourth-order valence-corrected chi connectivity index (χ4v) is 0.144. The van der Waals surface area contributed by atoms with Gasteiger partial charge in [0, 0.05) is 0 Å². The van der Waals surface area contributed by atoms with Crippen molar-refractivity contribution in [1.82, 2.24) is 0 Å². The largest absolute Gasteiger partial charge is 0.545 e. The van der Waals surface area contributed by atoms with Gasteiger partial charge in [-0.05, 0) is 12.0 Å². The van der Waals surface area contributed by atoms with Crippen LogP contribution in [0.4, 0.5) is 0 Å². The molecule has 2 nitrogen and oxygen atoms in total. The van der Waals surface area contributed by atoms with Crippen LogP contribution >= 0.6 is 0 Å². The van der Waals surface area contributed by atoms with Gasteiger partial charge in [0.1, 0.15) is 0 Å². The Morgan fingerprint density at radius 1 is 1.86 bits per heavy atom. The smallest absolute Gasteiger partial charge is 0.0668 e. The highest BCUT2D eigenvalue weighted by atomic mass is 16.4. The molecule has 0 aromatic heterocycles. The molecule has 0 aliphatic carbocycles. The number of hydrogen-bond donors (Lipinski definition) is 0. The second-order valence-electron chi connectivity index (χ2n) is 1.24. The molecule has 0 aliphatic heterocycles. The van der Waals surface area contributed by atoms with Gasteiger partial charge in [-0.1, -0.05) is 13.5 Å². The Balaban J connectivity index is 3.58. The van der Waals surface area contributed by atoms with Crippen LogP contribution < -0.4 is 5.11 Å². The first-order chi connectivity index (χ1) is 3.18. The fraction of sp³-hybridized carbons (Fsp3) is 0.400. The van der Waals surface area contributed by atoms with Crippen LogP contribution in [0, 0.1) is 0 Å². The third-order valence-corrected chi connectivity index (χ3v) is 0.715. The summed E-state index contributed by atoms with van der Waals surface area (Å²) in [6, 6.07) is 0. The van der Waals surface area contributed by atoms with E-state index in [4.69, 9.17) is 0 Å². The van der Waals surface area contributed by atoms with E-state index in [0.29, 0.717) is 6.42 Å². The molecule has 0 aromatic carbocycles. The Morgan fingerprint density at radius 3 is 2.29 bits per heavy atom. The van der Waals surface area contributed by atoms with E-state index >= 15 is 0 Å². The molecule has 0 atom stereocenters. The average molecular weight is 99.1 g/mol. The Labute approximate surface area is 42.5 Å². The SMILES string of the molecule is C=C(CC)C(=O)[O-]. The monoisotopic (exact) mass is 99.0 g/mol. The molecule has 7 heavy (non-hydrogen) atoms. The van der Waals surface area contributed by atoms with Gasteiger partial charge in [0.2, 0.25) is 0 Å². The summed E-state index contributed by atoms with van der Waals surface area (Å²) in [4.78, 5) is 9.72. The summed E-state index contributed by atoms with van der Waals surface area (Å²) in [5, 5.41) is 9.72. The zero-order valence-electron chi connectivity index (χ0n) is 4.23. The lowest BCUT2D eigenvalue weighted by Gasteiger charge is -1.98. The predicted octanol–water partition coefficient (Wildman–Crippen LogP) is -0.298. The average Bonchev–Trinajstić information content (AvgIpc) is 1.65. The van der Waals surface area contributed by atoms with Crippen LogP contribution in [-0.4, -0.2) is 5.97 Å². The summed E-state index contributed by atoms with van der Waals surface area (Å²) in [7, 11) is 0. The van der Waals surface area contributed by atoms with Crippen molar-refractivity contribution in [2.45, 2.75) is 13.3 Å². The molecule has 0 fully saturated rings. The van der Waals surface area contributed by atoms with E-state index in [2.05, 4.69) is 6.58 Å². The Bertz CT molecular complexity index is 94.3. The number of carbonyl (C=O) groups excluding carboxylic acids is 1. The molecule has 0 heterocycles. The minimum atomic E-state index is -1.15. The van der Waals surface area contributed by atoms with Crippen LogP contribution in [0.5, 0.6) is 0 Å². The Morgan fingerprint density at radius 2 is 2.29 bits per heavy atom. The van der Waals surface area contributed by atoms with E-state index in [0.717, 1.165) is 0 Å². The van der Waals surface area contributed by atoms with Crippen molar-refractivity contribution in [2.75, 3.05) is 0 Å². The van der Waals surface area contributed by atoms with E-state index in [-0.39, 0.29) is 5.57 Å². The second-order valence-corrected chi connectivity index (χ2v) is 1.24. The molecule has 0 amide bonds. The molecule has 0 aliphatic rings. The van der Waals surface area contributed by atoms with Crippen molar-refractivity contribution in [2.24, 2.45) is 0 Å². The molecule has 0 unspecified atom stereocenters. The summed E-state index contributed by atoms with van der Waals surface area (Å²) in [6.07, 6.45) is 0.461. The van der Waals surface area contributed by atoms with Crippen molar-refractivity contribution in [3.05, 3.63) is 12.2 Å². The lowest BCUT2D eigenvalue weighted by molar-refractivity contribution is -0.299. The van der Waals surface area contributed by atoms with Crippen molar-refractivity contribution < 1.29 is 9.90 Å². The van der Waals surface area contributed by atoms with Gasteiger partial charge in [-0.2, -0.15) is 0 Å². The topological polar surface area (TPSA) is 40.1 Å². The molecule has 0 saturated heterocycles. The molecule has 0 radical (unpaired) electrons. The van der Waals surface area contributed by atoms with E-state index in [1.54, 1.807) is 6.92 Å². The minimum absolute atomic E-state index is 0.153. The van der Waals surface area contributed by atoms with E-state index < -0.39 is 5.97 Å². The van der Waals surface area contributed by atoms with Crippen molar-refractivity contribution in [3.63, 3.8) is 0 Å². The van der Waals surface area contributed by atoms with Gasteiger partial charge < -0.3 is 9.90 Å². The van der Waals surface area contributed by atoms with Gasteiger partial charge in [0.05, 0.1) is 5.97 Å². The lowest BCUT2D eigenvalue weighted by atomic mass is 10.2. The molecule has 0 spiro atoms. The highest BCUT2D eigenvalue weighted by Crippen LogP contribution is 1.90. The molecular formula is C5H7O2-. The summed E-state index contributed by atoms with van der Waals surface area (Å²) >= 11 is 0. The number of carbonyl (C=O) groups is 1. The van der Waals surface area contributed by atoms with Crippen LogP contribution in [0.1, 0.15) is 13.3 Å². The number of hydrogen-bond acceptors (Lipinski definition) is 2. The zero-order valence-corrected chi connectivity index (χ0v) is 4.23. The van der Waals surface area contributed by atoms with Gasteiger partial charge in [0.25, 0.3) is 0 Å². The highest BCUT2D eigenvalue weighted by Gasteiger charge is 1.84. The van der Waals surface area contributed by atoms with Crippen LogP contribution in [-0.2, 0) is 4.79 Å². The van der Waals surface area contributed by atoms with Gasteiger partial charge >= 0.3 is 0 Å². The molecule has 0 N–H and O–H groups in total. The van der Waals surface area contributed by atoms with Crippen molar-refractivity contribution in [1.29, 1.82) is 0 Å². The quantitative estimate of drug-likeness (QED) is 0.446. The van der Waals surface area contributed by atoms with Crippen LogP contribution in [0.2, 0.25) is 0 Å². The van der Waals surface area contributed by atoms with E-state index in [9.17, 15) is 9.90 Å². The molecule has 0 bridgehead atoms. The Kier molecular flexibility index (Phi) is 2.12. The number of aliphatic carboxylic acids is 1. The second kappa shape index (κ2) is 2.39. The van der Waals surface area contributed by atoms with E-state index in [1.807, 2.05) is 0 Å². The number of carboxylic acid groups (broad SMARTS) is 1. The van der Waals surface area contributed by atoms with Gasteiger partial charge in [0.15, 0.2) is 0 Å². The van der Waals surface area contributed by atoms with Crippen LogP contribution in [0.3, 0.4) is 0 Å². The summed E-state index contributed by atoms with van der Waals surface area (Å²) in [6.45, 7) is 4.93. The third kappa shape index (κ3) is 1.98. The lowest BCUT2D eigenvalue weighted by Crippen LogP contribution is -2.23. The first kappa shape index (κ1) is 6.21. The predicted molar refractivity (Wildman–Crippen MR) is 24.4 cm³/mol. The maximum absolute atomic E-state index is 9.72. The molecule has 0 rings (SSSR count). The van der Waals surface area contributed by atoms with Gasteiger partial charge in [-0.3, -0.25) is 0 Å². The molecule has 2 heteroatoms. The number of carboxylic acids is 1. The fourth-order valence-electron chi connectivity index (χ4n) is 0.144. The van der Waals surface area contributed by atoms with E-state index in [1.165, 1.54) is 0 Å². The normalized spacial score (nSPS) is 8.14. The maximum atomic E-state index is 9.72. The van der Waals surface area contributed by atoms with Gasteiger partial charge in [-0.25, -0.2) is 0 Å². The Hall–Kier alpha value is -0.790. The molecular weight excluding hydrogens is 92.1 g/mol. The third-order valence-electron chi connectivity index (χ3n) is 0.715. The molecule has 40 valence electrons. The van der Waals surface area contributed by atoms with Gasteiger partial charge in [-0.15, -0.1) is 0 Å². The minimum Gasteiger partial charge on any atom is -0.545 e. The van der Waals surface area contributed by atoms with Crippen LogP contribution in [0.25, 0.3) is 0 Å². The first-order valence-corrected chi connectivity index (χ1v) is 2.07. The number of rotatable bonds is 2. The van der Waals surface area contributed by atoms with Crippen molar-refractivity contribution >= 4 is 5.97 Å². The zero-order chi connectivity index (χ0) is 5.86. The maximum Gasteiger partial charge on any atom is 0.0668 e. The summed E-state index contributed by atoms with van der Waals surface area (Å²) in [5.41, 5.74) is 0.153. The molecule has 0 aromatic rings. The van der Waals surface area contributed by atoms with Crippen LogP contribution in [0.15, 0.2) is 12.2 Å². The summed E-state index contributed by atoms with van der Waals surface area (Å²) in [5.74, 6) is -1.15. The standard InChI is InChI=1S/C5H8O2/c1-3-4(2)5(6)7/h2-3H2,1H3,(H,6,7)/p-1. The van der Waals surface area contributed by atoms with Crippen molar-refractivity contribution in [3.8, 4) is 0 Å². The highest BCUT2D eigenvalue weighted by molar-refractivity contribution is 5.83. The first-order valence-electron chi connectivity index (χ1n) is 2.07. The molecule has 0 saturated carbocycles.